The van der Waals surface area contributed by atoms with Gasteiger partial charge in [-0.1, -0.05) is 0 Å². The molecule has 0 spiro atoms. The zero-order valence-corrected chi connectivity index (χ0v) is 12.5. The quantitative estimate of drug-likeness (QED) is 0.611. The summed E-state index contributed by atoms with van der Waals surface area (Å²) in [6.45, 7) is 0.227. The van der Waals surface area contributed by atoms with Gasteiger partial charge in [0.25, 0.3) is 0 Å². The first-order valence-electron chi connectivity index (χ1n) is 5.67. The summed E-state index contributed by atoms with van der Waals surface area (Å²) in [6.07, 6.45) is 0. The molecule has 1 rings (SSSR count). The minimum absolute atomic E-state index is 0.0200. The monoisotopic (exact) mass is 347 g/mol. The Bertz CT molecular complexity index is 602. The highest BCUT2D eigenvalue weighted by molar-refractivity contribution is 8.00. The molecule has 120 valence electrons. The summed E-state index contributed by atoms with van der Waals surface area (Å²) < 4.78 is 75.0. The van der Waals surface area contributed by atoms with Crippen molar-refractivity contribution >= 4 is 21.8 Å². The van der Waals surface area contributed by atoms with Gasteiger partial charge in [0.1, 0.15) is 5.82 Å². The van der Waals surface area contributed by atoms with Crippen LogP contribution in [0, 0.1) is 12.7 Å². The standard InChI is InChI=1S/C11H13F4NO3S2/c1-7-4-9(5-8(6-17)10(7)12)21(18,19)16-2-3-20-11(13,14)15/h4-5,16-17H,2-3,6H2,1H3. The molecule has 2 N–H and O–H groups in total. The number of aliphatic hydroxyl groups is 1. The molecule has 0 atom stereocenters. The molecule has 1 aromatic rings. The van der Waals surface area contributed by atoms with Crippen LogP contribution in [0.4, 0.5) is 17.6 Å². The SMILES string of the molecule is Cc1cc(S(=O)(=O)NCCSC(F)(F)F)cc(CO)c1F. The van der Waals surface area contributed by atoms with Crippen LogP contribution in [0.5, 0.6) is 0 Å². The first-order chi connectivity index (χ1) is 9.57. The number of rotatable bonds is 6. The molecule has 4 nitrogen and oxygen atoms in total. The van der Waals surface area contributed by atoms with E-state index in [0.717, 1.165) is 12.1 Å². The Morgan fingerprint density at radius 3 is 2.48 bits per heavy atom. The topological polar surface area (TPSA) is 66.4 Å². The molecule has 0 amide bonds. The molecule has 0 bridgehead atoms. The first-order valence-corrected chi connectivity index (χ1v) is 8.14. The third-order valence-corrected chi connectivity index (χ3v) is 4.62. The normalized spacial score (nSPS) is 12.7. The predicted octanol–water partition coefficient (Wildman–Crippen LogP) is 2.16. The molecule has 0 aliphatic rings. The van der Waals surface area contributed by atoms with Crippen LogP contribution in [0.2, 0.25) is 0 Å². The fourth-order valence-corrected chi connectivity index (χ4v) is 3.23. The van der Waals surface area contributed by atoms with Crippen LogP contribution in [-0.2, 0) is 16.6 Å². The van der Waals surface area contributed by atoms with E-state index < -0.39 is 40.3 Å². The largest absolute Gasteiger partial charge is 0.441 e. The zero-order valence-electron chi connectivity index (χ0n) is 10.9. The Morgan fingerprint density at radius 1 is 1.33 bits per heavy atom. The van der Waals surface area contributed by atoms with Gasteiger partial charge in [-0.15, -0.1) is 0 Å². The van der Waals surface area contributed by atoms with Crippen LogP contribution in [-0.4, -0.2) is 31.3 Å². The minimum atomic E-state index is -4.43. The van der Waals surface area contributed by atoms with Crippen molar-refractivity contribution in [3.63, 3.8) is 0 Å². The number of benzene rings is 1. The summed E-state index contributed by atoms with van der Waals surface area (Å²) in [4.78, 5) is -0.303. The number of sulfonamides is 1. The first kappa shape index (κ1) is 18.2. The van der Waals surface area contributed by atoms with Crippen molar-refractivity contribution in [2.24, 2.45) is 0 Å². The summed E-state index contributed by atoms with van der Waals surface area (Å²) in [5, 5.41) is 8.95. The van der Waals surface area contributed by atoms with Crippen LogP contribution in [0.25, 0.3) is 0 Å². The van der Waals surface area contributed by atoms with Gasteiger partial charge < -0.3 is 5.11 Å². The van der Waals surface area contributed by atoms with Crippen molar-refractivity contribution in [1.29, 1.82) is 0 Å². The Kier molecular flexibility index (Phi) is 6.02. The van der Waals surface area contributed by atoms with E-state index in [1.54, 1.807) is 0 Å². The Hall–Kier alpha value is -0.840. The lowest BCUT2D eigenvalue weighted by Gasteiger charge is -2.11. The molecule has 0 unspecified atom stereocenters. The molecule has 0 radical (unpaired) electrons. The smallest absolute Gasteiger partial charge is 0.392 e. The highest BCUT2D eigenvalue weighted by Crippen LogP contribution is 2.29. The average molecular weight is 347 g/mol. The second-order valence-electron chi connectivity index (χ2n) is 4.06. The molecule has 0 fully saturated rings. The van der Waals surface area contributed by atoms with E-state index in [2.05, 4.69) is 0 Å². The number of thioether (sulfide) groups is 1. The maximum atomic E-state index is 13.5. The van der Waals surface area contributed by atoms with Crippen LogP contribution in [0.15, 0.2) is 17.0 Å². The van der Waals surface area contributed by atoms with Crippen LogP contribution < -0.4 is 4.72 Å². The number of halogens is 4. The van der Waals surface area contributed by atoms with Gasteiger partial charge in [-0.05, 0) is 36.4 Å². The third kappa shape index (κ3) is 5.46. The van der Waals surface area contributed by atoms with E-state index in [9.17, 15) is 26.0 Å². The van der Waals surface area contributed by atoms with Gasteiger partial charge in [-0.3, -0.25) is 0 Å². The molecule has 10 heteroatoms. The molecule has 0 saturated heterocycles. The van der Waals surface area contributed by atoms with Gasteiger partial charge in [0, 0.05) is 17.9 Å². The minimum Gasteiger partial charge on any atom is -0.392 e. The molecule has 1 aromatic carbocycles. The molecule has 0 aliphatic carbocycles. The highest BCUT2D eigenvalue weighted by atomic mass is 32.2. The van der Waals surface area contributed by atoms with E-state index in [-0.39, 0.29) is 27.8 Å². The van der Waals surface area contributed by atoms with Crippen molar-refractivity contribution in [3.8, 4) is 0 Å². The number of hydrogen-bond donors (Lipinski definition) is 2. The van der Waals surface area contributed by atoms with Crippen LogP contribution >= 0.6 is 11.8 Å². The van der Waals surface area contributed by atoms with Gasteiger partial charge in [0.2, 0.25) is 10.0 Å². The summed E-state index contributed by atoms with van der Waals surface area (Å²) >= 11 is -0.344. The lowest BCUT2D eigenvalue weighted by atomic mass is 10.1. The van der Waals surface area contributed by atoms with Crippen molar-refractivity contribution in [3.05, 3.63) is 29.1 Å². The number of aliphatic hydroxyl groups excluding tert-OH is 1. The second kappa shape index (κ2) is 6.95. The number of aryl methyl sites for hydroxylation is 1. The Balaban J connectivity index is 2.82. The van der Waals surface area contributed by atoms with Crippen molar-refractivity contribution in [1.82, 2.24) is 4.72 Å². The number of nitrogens with one attached hydrogen (secondary N) is 1. The number of alkyl halides is 3. The third-order valence-electron chi connectivity index (χ3n) is 2.44. The molecular weight excluding hydrogens is 334 g/mol. The number of hydrogen-bond acceptors (Lipinski definition) is 4. The Labute approximate surface area is 123 Å². The van der Waals surface area contributed by atoms with Gasteiger partial charge >= 0.3 is 5.51 Å². The fraction of sp³-hybridized carbons (Fsp3) is 0.455. The van der Waals surface area contributed by atoms with Crippen molar-refractivity contribution in [2.45, 2.75) is 23.9 Å². The van der Waals surface area contributed by atoms with Gasteiger partial charge in [0.15, 0.2) is 0 Å². The van der Waals surface area contributed by atoms with Crippen molar-refractivity contribution < 1.29 is 31.1 Å². The van der Waals surface area contributed by atoms with Gasteiger partial charge in [0.05, 0.1) is 11.5 Å². The van der Waals surface area contributed by atoms with E-state index in [0.29, 0.717) is 0 Å². The fourth-order valence-electron chi connectivity index (χ4n) is 1.50. The van der Waals surface area contributed by atoms with Crippen LogP contribution in [0.3, 0.4) is 0 Å². The molecule has 0 heterocycles. The van der Waals surface area contributed by atoms with E-state index >= 15 is 0 Å². The lowest BCUT2D eigenvalue weighted by molar-refractivity contribution is -0.0327. The molecule has 0 saturated carbocycles. The second-order valence-corrected chi connectivity index (χ2v) is 6.99. The summed E-state index contributed by atoms with van der Waals surface area (Å²) in [7, 11) is -4.06. The highest BCUT2D eigenvalue weighted by Gasteiger charge is 2.28. The molecule has 0 aliphatic heterocycles. The summed E-state index contributed by atoms with van der Waals surface area (Å²) in [6, 6.07) is 2.00. The molecule has 0 aromatic heterocycles. The Morgan fingerprint density at radius 2 is 1.95 bits per heavy atom. The summed E-state index contributed by atoms with van der Waals surface area (Å²) in [5.74, 6) is -1.19. The van der Waals surface area contributed by atoms with E-state index in [1.807, 2.05) is 4.72 Å². The maximum Gasteiger partial charge on any atom is 0.441 e. The maximum absolute atomic E-state index is 13.5. The van der Waals surface area contributed by atoms with Crippen molar-refractivity contribution in [2.75, 3.05) is 12.3 Å². The zero-order chi connectivity index (χ0) is 16.3. The van der Waals surface area contributed by atoms with E-state index in [1.165, 1.54) is 6.92 Å². The van der Waals surface area contributed by atoms with Crippen LogP contribution in [0.1, 0.15) is 11.1 Å². The lowest BCUT2D eigenvalue weighted by Crippen LogP contribution is -2.27. The van der Waals surface area contributed by atoms with Gasteiger partial charge in [-0.2, -0.15) is 13.2 Å². The van der Waals surface area contributed by atoms with E-state index in [4.69, 9.17) is 5.11 Å². The average Bonchev–Trinajstić information content (AvgIpc) is 2.36. The summed E-state index contributed by atoms with van der Waals surface area (Å²) in [5.41, 5.74) is -4.60. The predicted molar refractivity (Wildman–Crippen MR) is 70.8 cm³/mol. The molecular formula is C11H13F4NO3S2. The van der Waals surface area contributed by atoms with Gasteiger partial charge in [-0.25, -0.2) is 17.5 Å². The molecule has 21 heavy (non-hydrogen) atoms.